The first-order valence-corrected chi connectivity index (χ1v) is 10.8. The Morgan fingerprint density at radius 3 is 3.12 bits per heavy atom. The van der Waals surface area contributed by atoms with E-state index in [1.807, 2.05) is 24.1 Å². The van der Waals surface area contributed by atoms with Crippen molar-refractivity contribution in [3.63, 3.8) is 0 Å². The molecule has 26 heavy (non-hydrogen) atoms. The Bertz CT molecular complexity index is 810. The molecular formula is C18H22N4O2S2. The maximum atomic E-state index is 13.0. The van der Waals surface area contributed by atoms with Gasteiger partial charge in [-0.05, 0) is 36.6 Å². The Hall–Kier alpha value is -1.64. The largest absolute Gasteiger partial charge is 0.365 e. The summed E-state index contributed by atoms with van der Waals surface area (Å²) in [6.07, 6.45) is 2.48. The van der Waals surface area contributed by atoms with Crippen molar-refractivity contribution in [1.29, 1.82) is 0 Å². The van der Waals surface area contributed by atoms with Crippen LogP contribution in [0.2, 0.25) is 0 Å². The van der Waals surface area contributed by atoms with E-state index in [9.17, 15) is 4.79 Å². The van der Waals surface area contributed by atoms with E-state index in [-0.39, 0.29) is 5.91 Å². The number of fused-ring (bicyclic) bond motifs is 1. The quantitative estimate of drug-likeness (QED) is 0.592. The van der Waals surface area contributed by atoms with Crippen molar-refractivity contribution in [3.05, 3.63) is 33.6 Å². The number of morpholine rings is 1. The molecule has 0 aliphatic carbocycles. The highest BCUT2D eigenvalue weighted by atomic mass is 32.2. The van der Waals surface area contributed by atoms with E-state index in [0.29, 0.717) is 19.7 Å². The molecule has 2 aliphatic heterocycles. The molecule has 6 nitrogen and oxygen atoms in total. The van der Waals surface area contributed by atoms with Crippen LogP contribution in [0.15, 0.2) is 22.7 Å². The van der Waals surface area contributed by atoms with Gasteiger partial charge in [0.2, 0.25) is 0 Å². The van der Waals surface area contributed by atoms with E-state index in [1.54, 1.807) is 11.3 Å². The molecule has 1 unspecified atom stereocenters. The lowest BCUT2D eigenvalue weighted by Crippen LogP contribution is -2.52. The summed E-state index contributed by atoms with van der Waals surface area (Å²) in [5, 5.41) is 2.87. The second-order valence-electron chi connectivity index (χ2n) is 6.54. The van der Waals surface area contributed by atoms with E-state index >= 15 is 0 Å². The van der Waals surface area contributed by atoms with Gasteiger partial charge in [0.05, 0.1) is 13.2 Å². The number of amides is 1. The Morgan fingerprint density at radius 2 is 2.27 bits per heavy atom. The van der Waals surface area contributed by atoms with Gasteiger partial charge in [-0.1, -0.05) is 11.8 Å². The highest BCUT2D eigenvalue weighted by Crippen LogP contribution is 2.26. The summed E-state index contributed by atoms with van der Waals surface area (Å²) in [6, 6.07) is 4.10. The Labute approximate surface area is 161 Å². The van der Waals surface area contributed by atoms with Gasteiger partial charge in [0.1, 0.15) is 5.82 Å². The average Bonchev–Trinajstić information content (AvgIpc) is 3.14. The summed E-state index contributed by atoms with van der Waals surface area (Å²) in [4.78, 5) is 27.5. The van der Waals surface area contributed by atoms with Crippen molar-refractivity contribution in [2.45, 2.75) is 31.1 Å². The van der Waals surface area contributed by atoms with Crippen LogP contribution >= 0.6 is 23.1 Å². The van der Waals surface area contributed by atoms with Crippen LogP contribution < -0.4 is 4.90 Å². The molecule has 0 aromatic carbocycles. The van der Waals surface area contributed by atoms with E-state index in [2.05, 4.69) is 26.3 Å². The zero-order valence-corrected chi connectivity index (χ0v) is 16.6. The minimum atomic E-state index is -0.433. The minimum Gasteiger partial charge on any atom is -0.365 e. The van der Waals surface area contributed by atoms with Gasteiger partial charge in [-0.25, -0.2) is 9.97 Å². The van der Waals surface area contributed by atoms with Gasteiger partial charge < -0.3 is 14.5 Å². The standard InChI is InChI=1S/C18H22N4O2S2/c1-12-9-16(20-18(19-12)25-2)21-6-7-24-14(11-21)17(23)22-5-3-15-13(10-22)4-8-26-15/h4,8-9,14H,3,5-7,10-11H2,1-2H3. The molecule has 0 spiro atoms. The van der Waals surface area contributed by atoms with Gasteiger partial charge in [0.15, 0.2) is 11.3 Å². The van der Waals surface area contributed by atoms with Crippen molar-refractivity contribution < 1.29 is 9.53 Å². The summed E-state index contributed by atoms with van der Waals surface area (Å²) in [7, 11) is 0. The first kappa shape index (κ1) is 17.8. The summed E-state index contributed by atoms with van der Waals surface area (Å²) in [5.41, 5.74) is 2.22. The zero-order chi connectivity index (χ0) is 18.1. The normalized spacial score (nSPS) is 20.2. The van der Waals surface area contributed by atoms with Crippen molar-refractivity contribution in [3.8, 4) is 0 Å². The van der Waals surface area contributed by atoms with E-state index in [0.717, 1.165) is 36.2 Å². The van der Waals surface area contributed by atoms with Crippen molar-refractivity contribution >= 4 is 34.8 Å². The number of ether oxygens (including phenoxy) is 1. The molecule has 2 aromatic heterocycles. The molecule has 1 saturated heterocycles. The highest BCUT2D eigenvalue weighted by Gasteiger charge is 2.32. The third-order valence-electron chi connectivity index (χ3n) is 4.79. The van der Waals surface area contributed by atoms with E-state index in [1.165, 1.54) is 22.2 Å². The second kappa shape index (κ2) is 7.54. The summed E-state index contributed by atoms with van der Waals surface area (Å²) >= 11 is 3.31. The fourth-order valence-corrected chi connectivity index (χ4v) is 4.74. The van der Waals surface area contributed by atoms with Crippen LogP contribution in [0.3, 0.4) is 0 Å². The molecule has 0 bridgehead atoms. The zero-order valence-electron chi connectivity index (χ0n) is 15.0. The number of nitrogens with zero attached hydrogens (tertiary/aromatic N) is 4. The van der Waals surface area contributed by atoms with Crippen LogP contribution in [0.4, 0.5) is 5.82 Å². The highest BCUT2D eigenvalue weighted by molar-refractivity contribution is 7.98. The minimum absolute atomic E-state index is 0.0856. The second-order valence-corrected chi connectivity index (χ2v) is 8.31. The van der Waals surface area contributed by atoms with Crippen molar-refractivity contribution in [1.82, 2.24) is 14.9 Å². The van der Waals surface area contributed by atoms with E-state index in [4.69, 9.17) is 4.74 Å². The molecule has 0 saturated carbocycles. The Balaban J connectivity index is 1.47. The number of aromatic nitrogens is 2. The average molecular weight is 391 g/mol. The molecule has 2 aliphatic rings. The molecule has 8 heteroatoms. The maximum absolute atomic E-state index is 13.0. The van der Waals surface area contributed by atoms with Crippen LogP contribution in [0.1, 0.15) is 16.1 Å². The van der Waals surface area contributed by atoms with Crippen LogP contribution in [0.25, 0.3) is 0 Å². The first-order valence-electron chi connectivity index (χ1n) is 8.74. The number of rotatable bonds is 3. The number of hydrogen-bond donors (Lipinski definition) is 0. The number of aryl methyl sites for hydroxylation is 1. The molecule has 138 valence electrons. The monoisotopic (exact) mass is 390 g/mol. The molecule has 1 fully saturated rings. The van der Waals surface area contributed by atoms with Gasteiger partial charge in [-0.3, -0.25) is 4.79 Å². The lowest BCUT2D eigenvalue weighted by molar-refractivity contribution is -0.145. The smallest absolute Gasteiger partial charge is 0.253 e. The van der Waals surface area contributed by atoms with Gasteiger partial charge in [-0.15, -0.1) is 11.3 Å². The lowest BCUT2D eigenvalue weighted by atomic mass is 10.1. The fourth-order valence-electron chi connectivity index (χ4n) is 3.43. The summed E-state index contributed by atoms with van der Waals surface area (Å²) in [6.45, 7) is 5.25. The molecule has 1 atom stereocenters. The maximum Gasteiger partial charge on any atom is 0.253 e. The van der Waals surface area contributed by atoms with Gasteiger partial charge >= 0.3 is 0 Å². The number of thiophene rings is 1. The lowest BCUT2D eigenvalue weighted by Gasteiger charge is -2.36. The topological polar surface area (TPSA) is 58.6 Å². The molecular weight excluding hydrogens is 368 g/mol. The van der Waals surface area contributed by atoms with Crippen LogP contribution in [0, 0.1) is 6.92 Å². The van der Waals surface area contributed by atoms with Gasteiger partial charge in [-0.2, -0.15) is 0 Å². The van der Waals surface area contributed by atoms with Crippen molar-refractivity contribution in [2.75, 3.05) is 37.4 Å². The predicted octanol–water partition coefficient (Wildman–Crippen LogP) is 2.36. The summed E-state index contributed by atoms with van der Waals surface area (Å²) < 4.78 is 5.82. The molecule has 2 aromatic rings. The molecule has 1 amide bonds. The predicted molar refractivity (Wildman–Crippen MR) is 104 cm³/mol. The molecule has 4 heterocycles. The molecule has 0 N–H and O–H groups in total. The Morgan fingerprint density at radius 1 is 1.38 bits per heavy atom. The van der Waals surface area contributed by atoms with Gasteiger partial charge in [0, 0.05) is 36.3 Å². The number of carbonyl (C=O) groups is 1. The van der Waals surface area contributed by atoms with Crippen molar-refractivity contribution in [2.24, 2.45) is 0 Å². The Kier molecular flexibility index (Phi) is 5.15. The molecule has 4 rings (SSSR count). The number of hydrogen-bond acceptors (Lipinski definition) is 7. The number of carbonyl (C=O) groups excluding carboxylic acids is 1. The van der Waals surface area contributed by atoms with Gasteiger partial charge in [0.25, 0.3) is 5.91 Å². The fraction of sp³-hybridized carbons (Fsp3) is 0.500. The third-order valence-corrected chi connectivity index (χ3v) is 6.36. The SMILES string of the molecule is CSc1nc(C)cc(N2CCOC(C(=O)N3CCc4sccc4C3)C2)n1. The third kappa shape index (κ3) is 3.58. The number of thioether (sulfide) groups is 1. The first-order chi connectivity index (χ1) is 12.6. The van der Waals surface area contributed by atoms with Crippen LogP contribution in [-0.2, 0) is 22.5 Å². The number of anilines is 1. The van der Waals surface area contributed by atoms with Crippen LogP contribution in [-0.4, -0.2) is 59.4 Å². The van der Waals surface area contributed by atoms with E-state index < -0.39 is 6.10 Å². The van der Waals surface area contributed by atoms with Crippen LogP contribution in [0.5, 0.6) is 0 Å². The molecule has 0 radical (unpaired) electrons. The summed E-state index contributed by atoms with van der Waals surface area (Å²) in [5.74, 6) is 0.962.